The highest BCUT2D eigenvalue weighted by atomic mass is 35.5. The quantitative estimate of drug-likeness (QED) is 0.511. The number of hydrogen-bond donors (Lipinski definition) is 2. The summed E-state index contributed by atoms with van der Waals surface area (Å²) >= 11 is 5.89. The number of nitrogens with zero attached hydrogens (tertiary/aromatic N) is 4. The molecule has 1 saturated heterocycles. The van der Waals surface area contributed by atoms with Gasteiger partial charge < -0.3 is 20.3 Å². The average molecular weight is 523 g/mol. The third-order valence-corrected chi connectivity index (χ3v) is 6.98. The van der Waals surface area contributed by atoms with Gasteiger partial charge in [-0.2, -0.15) is 5.10 Å². The number of para-hydroxylation sites is 1. The summed E-state index contributed by atoms with van der Waals surface area (Å²) < 4.78 is 6.78. The molecule has 0 radical (unpaired) electrons. The van der Waals surface area contributed by atoms with Crippen molar-refractivity contribution in [1.29, 1.82) is 0 Å². The monoisotopic (exact) mass is 522 g/mol. The molecule has 1 aliphatic heterocycles. The molecular formula is C26H27ClN6O4. The molecule has 0 unspecified atom stereocenters. The predicted molar refractivity (Wildman–Crippen MR) is 138 cm³/mol. The number of nitrogens with one attached hydrogen (secondary N) is 2. The Kier molecular flexibility index (Phi) is 7.47. The van der Waals surface area contributed by atoms with Gasteiger partial charge in [0.2, 0.25) is 11.8 Å². The number of benzene rings is 1. The van der Waals surface area contributed by atoms with Crippen molar-refractivity contribution in [3.05, 3.63) is 65.4 Å². The van der Waals surface area contributed by atoms with Gasteiger partial charge in [-0.1, -0.05) is 29.8 Å². The van der Waals surface area contributed by atoms with Crippen LogP contribution in [0.15, 0.2) is 54.9 Å². The van der Waals surface area contributed by atoms with Crippen molar-refractivity contribution in [2.75, 3.05) is 30.4 Å². The van der Waals surface area contributed by atoms with Crippen molar-refractivity contribution >= 4 is 41.0 Å². The number of aromatic nitrogens is 3. The Balaban J connectivity index is 1.32. The van der Waals surface area contributed by atoms with E-state index < -0.39 is 5.91 Å². The zero-order valence-corrected chi connectivity index (χ0v) is 20.9. The Labute approximate surface area is 219 Å². The number of carbonyl (C=O) groups is 3. The van der Waals surface area contributed by atoms with E-state index in [4.69, 9.17) is 16.3 Å². The predicted octanol–water partition coefficient (Wildman–Crippen LogP) is 3.53. The van der Waals surface area contributed by atoms with E-state index >= 15 is 0 Å². The fourth-order valence-electron chi connectivity index (χ4n) is 4.82. The van der Waals surface area contributed by atoms with Crippen molar-refractivity contribution in [2.24, 2.45) is 5.92 Å². The summed E-state index contributed by atoms with van der Waals surface area (Å²) in [5.41, 5.74) is 0.914. The summed E-state index contributed by atoms with van der Waals surface area (Å²) in [5, 5.41) is 10.5. The third kappa shape index (κ3) is 5.65. The minimum atomic E-state index is -0.457. The molecule has 192 valence electrons. The van der Waals surface area contributed by atoms with Crippen molar-refractivity contribution < 1.29 is 19.1 Å². The van der Waals surface area contributed by atoms with E-state index in [0.717, 1.165) is 12.8 Å². The molecule has 1 saturated carbocycles. The van der Waals surface area contributed by atoms with Crippen LogP contribution in [-0.4, -0.2) is 63.2 Å². The first-order valence-electron chi connectivity index (χ1n) is 12.2. The molecular weight excluding hydrogens is 496 g/mol. The maximum Gasteiger partial charge on any atom is 0.262 e. The second-order valence-electron chi connectivity index (χ2n) is 9.10. The van der Waals surface area contributed by atoms with E-state index in [1.807, 2.05) is 35.2 Å². The summed E-state index contributed by atoms with van der Waals surface area (Å²) in [5.74, 6) is -0.245. The van der Waals surface area contributed by atoms with Crippen LogP contribution in [0, 0.1) is 5.92 Å². The van der Waals surface area contributed by atoms with Gasteiger partial charge in [-0.3, -0.25) is 14.4 Å². The van der Waals surface area contributed by atoms with E-state index in [9.17, 15) is 14.4 Å². The molecule has 37 heavy (non-hydrogen) atoms. The van der Waals surface area contributed by atoms with Gasteiger partial charge in [-0.15, -0.1) is 0 Å². The van der Waals surface area contributed by atoms with Crippen LogP contribution in [0.25, 0.3) is 5.69 Å². The average Bonchev–Trinajstić information content (AvgIpc) is 3.34. The second kappa shape index (κ2) is 11.1. The smallest absolute Gasteiger partial charge is 0.262 e. The molecule has 3 heterocycles. The lowest BCUT2D eigenvalue weighted by Gasteiger charge is -2.38. The highest BCUT2D eigenvalue weighted by Gasteiger charge is 2.33. The van der Waals surface area contributed by atoms with Gasteiger partial charge in [0, 0.05) is 24.7 Å². The molecule has 5 rings (SSSR count). The van der Waals surface area contributed by atoms with Crippen molar-refractivity contribution in [1.82, 2.24) is 19.7 Å². The van der Waals surface area contributed by atoms with Crippen molar-refractivity contribution in [3.63, 3.8) is 0 Å². The van der Waals surface area contributed by atoms with Crippen LogP contribution >= 0.6 is 11.6 Å². The van der Waals surface area contributed by atoms with Gasteiger partial charge in [-0.25, -0.2) is 9.67 Å². The van der Waals surface area contributed by atoms with Gasteiger partial charge in [0.25, 0.3) is 5.91 Å². The standard InChI is InChI=1S/C26H27ClN6O4/c27-18-8-11-22(28-14-18)30-26(36)21-15-29-33(20-4-2-1-3-5-20)24(21)31-25(35)17-6-9-19(10-7-17)32-12-13-37-16-23(32)34/h1-5,8,11,14-15,17,19H,6-7,9-10,12-13,16H2,(H,31,35)(H,28,30,36). The van der Waals surface area contributed by atoms with Crippen molar-refractivity contribution in [3.8, 4) is 5.69 Å². The zero-order chi connectivity index (χ0) is 25.8. The van der Waals surface area contributed by atoms with E-state index in [0.29, 0.717) is 42.5 Å². The Bertz CT molecular complexity index is 1270. The minimum Gasteiger partial charge on any atom is -0.370 e. The number of amides is 3. The molecule has 2 aromatic heterocycles. The molecule has 0 atom stereocenters. The lowest BCUT2D eigenvalue weighted by atomic mass is 9.84. The van der Waals surface area contributed by atoms with Crippen molar-refractivity contribution in [2.45, 2.75) is 31.7 Å². The Morgan fingerprint density at radius 2 is 1.78 bits per heavy atom. The van der Waals surface area contributed by atoms with Gasteiger partial charge in [0.05, 0.1) is 23.5 Å². The molecule has 1 aliphatic carbocycles. The summed E-state index contributed by atoms with van der Waals surface area (Å²) in [4.78, 5) is 44.7. The van der Waals surface area contributed by atoms with Crippen LogP contribution in [0.5, 0.6) is 0 Å². The molecule has 11 heteroatoms. The number of hydrogen-bond acceptors (Lipinski definition) is 6. The summed E-state index contributed by atoms with van der Waals surface area (Å²) in [6, 6.07) is 12.6. The maximum absolute atomic E-state index is 13.4. The summed E-state index contributed by atoms with van der Waals surface area (Å²) in [7, 11) is 0. The first kappa shape index (κ1) is 24.9. The Hall–Kier alpha value is -3.76. The molecule has 3 amide bonds. The van der Waals surface area contributed by atoms with Gasteiger partial charge >= 0.3 is 0 Å². The number of carbonyl (C=O) groups excluding carboxylic acids is 3. The highest BCUT2D eigenvalue weighted by molar-refractivity contribution is 6.30. The summed E-state index contributed by atoms with van der Waals surface area (Å²) in [6.45, 7) is 1.27. The topological polar surface area (TPSA) is 118 Å². The normalized spacial score (nSPS) is 19.9. The van der Waals surface area contributed by atoms with Crippen LogP contribution < -0.4 is 10.6 Å². The number of rotatable bonds is 6. The largest absolute Gasteiger partial charge is 0.370 e. The van der Waals surface area contributed by atoms with Gasteiger partial charge in [0.15, 0.2) is 0 Å². The first-order valence-corrected chi connectivity index (χ1v) is 12.6. The van der Waals surface area contributed by atoms with Gasteiger partial charge in [-0.05, 0) is 49.9 Å². The first-order chi connectivity index (χ1) is 18.0. The third-order valence-electron chi connectivity index (χ3n) is 6.76. The molecule has 2 fully saturated rings. The van der Waals surface area contributed by atoms with Gasteiger partial charge in [0.1, 0.15) is 23.8 Å². The minimum absolute atomic E-state index is 0.0109. The number of pyridine rings is 1. The highest BCUT2D eigenvalue weighted by Crippen LogP contribution is 2.30. The number of halogens is 1. The SMILES string of the molecule is O=C(Nc1ccc(Cl)cn1)c1cnn(-c2ccccc2)c1NC(=O)C1CCC(N2CCOCC2=O)CC1. The maximum atomic E-state index is 13.4. The lowest BCUT2D eigenvalue weighted by molar-refractivity contribution is -0.146. The zero-order valence-electron chi connectivity index (χ0n) is 20.1. The van der Waals surface area contributed by atoms with E-state index in [1.54, 1.807) is 16.8 Å². The molecule has 3 aromatic rings. The molecule has 1 aromatic carbocycles. The number of ether oxygens (including phenoxy) is 1. The molecule has 10 nitrogen and oxygen atoms in total. The Morgan fingerprint density at radius 1 is 1.00 bits per heavy atom. The second-order valence-corrected chi connectivity index (χ2v) is 9.54. The van der Waals surface area contributed by atoms with Crippen LogP contribution in [-0.2, 0) is 14.3 Å². The van der Waals surface area contributed by atoms with E-state index in [2.05, 4.69) is 20.7 Å². The van der Waals surface area contributed by atoms with Crippen LogP contribution in [0.3, 0.4) is 0 Å². The molecule has 0 spiro atoms. The molecule has 2 aliphatic rings. The lowest BCUT2D eigenvalue weighted by Crippen LogP contribution is -2.49. The fraction of sp³-hybridized carbons (Fsp3) is 0.346. The van der Waals surface area contributed by atoms with Crippen LogP contribution in [0.4, 0.5) is 11.6 Å². The fourth-order valence-corrected chi connectivity index (χ4v) is 4.93. The van der Waals surface area contributed by atoms with E-state index in [1.165, 1.54) is 12.4 Å². The molecule has 2 N–H and O–H groups in total. The summed E-state index contributed by atoms with van der Waals surface area (Å²) in [6.07, 6.45) is 5.66. The number of anilines is 2. The number of morpholine rings is 1. The van der Waals surface area contributed by atoms with Crippen LogP contribution in [0.1, 0.15) is 36.0 Å². The molecule has 0 bridgehead atoms. The van der Waals surface area contributed by atoms with Crippen LogP contribution in [0.2, 0.25) is 5.02 Å². The van der Waals surface area contributed by atoms with E-state index in [-0.39, 0.29) is 41.8 Å². The Morgan fingerprint density at radius 3 is 2.49 bits per heavy atom.